The van der Waals surface area contributed by atoms with Crippen LogP contribution < -0.4 is 5.73 Å². The fourth-order valence-electron chi connectivity index (χ4n) is 3.38. The highest BCUT2D eigenvalue weighted by Gasteiger charge is 2.16. The molecule has 1 unspecified atom stereocenters. The summed E-state index contributed by atoms with van der Waals surface area (Å²) in [6.45, 7) is 9.97. The van der Waals surface area contributed by atoms with E-state index in [1.165, 1.54) is 0 Å². The Balaban J connectivity index is 2.09. The average Bonchev–Trinajstić information content (AvgIpc) is 3.11. The molecule has 146 valence electrons. The van der Waals surface area contributed by atoms with E-state index < -0.39 is 6.10 Å². The monoisotopic (exact) mass is 370 g/mol. The molecule has 3 rings (SSSR count). The molecule has 7 nitrogen and oxygen atoms in total. The van der Waals surface area contributed by atoms with E-state index in [0.717, 1.165) is 47.6 Å². The summed E-state index contributed by atoms with van der Waals surface area (Å²) in [6.07, 6.45) is 1.37. The Morgan fingerprint density at radius 2 is 1.96 bits per heavy atom. The maximum absolute atomic E-state index is 9.77. The smallest absolute Gasteiger partial charge is 0.158 e. The highest BCUT2D eigenvalue weighted by molar-refractivity contribution is 5.81. The van der Waals surface area contributed by atoms with Gasteiger partial charge in [0.1, 0.15) is 11.6 Å². The van der Waals surface area contributed by atoms with Gasteiger partial charge in [-0.3, -0.25) is 0 Å². The molecule has 0 fully saturated rings. The molecule has 0 bridgehead atoms. The fourth-order valence-corrected chi connectivity index (χ4v) is 3.38. The number of aliphatic hydroxyl groups is 1. The first kappa shape index (κ1) is 19.5. The van der Waals surface area contributed by atoms with Gasteiger partial charge in [0.05, 0.1) is 23.7 Å². The first-order chi connectivity index (χ1) is 12.9. The van der Waals surface area contributed by atoms with Crippen LogP contribution in [0.15, 0.2) is 18.2 Å². The summed E-state index contributed by atoms with van der Waals surface area (Å²) in [5, 5.41) is 14.2. The van der Waals surface area contributed by atoms with Crippen molar-refractivity contribution < 1.29 is 5.11 Å². The van der Waals surface area contributed by atoms with Gasteiger partial charge in [-0.1, -0.05) is 13.8 Å². The van der Waals surface area contributed by atoms with Gasteiger partial charge in [0.2, 0.25) is 0 Å². The first-order valence-corrected chi connectivity index (χ1v) is 9.68. The van der Waals surface area contributed by atoms with E-state index in [0.29, 0.717) is 24.8 Å². The van der Waals surface area contributed by atoms with E-state index in [-0.39, 0.29) is 0 Å². The number of aromatic nitrogens is 5. The molecule has 2 aromatic heterocycles. The third kappa shape index (κ3) is 4.36. The lowest BCUT2D eigenvalue weighted by Crippen LogP contribution is -2.14. The zero-order chi connectivity index (χ0) is 19.6. The Morgan fingerprint density at radius 1 is 1.19 bits per heavy atom. The van der Waals surface area contributed by atoms with Crippen molar-refractivity contribution in [2.75, 3.05) is 6.54 Å². The number of imidazole rings is 1. The number of aliphatic hydroxyl groups excluding tert-OH is 1. The summed E-state index contributed by atoms with van der Waals surface area (Å²) < 4.78 is 4.06. The Hall–Kier alpha value is -2.25. The summed E-state index contributed by atoms with van der Waals surface area (Å²) in [7, 11) is 0. The van der Waals surface area contributed by atoms with Gasteiger partial charge in [-0.15, -0.1) is 0 Å². The molecule has 7 heteroatoms. The van der Waals surface area contributed by atoms with Crippen LogP contribution >= 0.6 is 0 Å². The molecule has 0 amide bonds. The number of aryl methyl sites for hydroxylation is 2. The van der Waals surface area contributed by atoms with Crippen LogP contribution in [-0.4, -0.2) is 42.1 Å². The number of benzene rings is 1. The van der Waals surface area contributed by atoms with E-state index in [2.05, 4.69) is 34.6 Å². The van der Waals surface area contributed by atoms with E-state index in [1.807, 2.05) is 19.1 Å². The van der Waals surface area contributed by atoms with Crippen LogP contribution in [0.25, 0.3) is 22.4 Å². The van der Waals surface area contributed by atoms with Crippen LogP contribution in [0.3, 0.4) is 0 Å². The number of fused-ring (bicyclic) bond motifs is 1. The van der Waals surface area contributed by atoms with Crippen molar-refractivity contribution in [1.82, 2.24) is 24.3 Å². The molecule has 1 aromatic carbocycles. The average molecular weight is 371 g/mol. The Labute approximate surface area is 160 Å². The molecule has 2 heterocycles. The van der Waals surface area contributed by atoms with Crippen molar-refractivity contribution in [1.29, 1.82) is 0 Å². The Bertz CT molecular complexity index is 909. The van der Waals surface area contributed by atoms with Crippen molar-refractivity contribution in [3.05, 3.63) is 29.8 Å². The minimum atomic E-state index is -0.485. The van der Waals surface area contributed by atoms with Crippen LogP contribution in [0.5, 0.6) is 0 Å². The van der Waals surface area contributed by atoms with E-state index in [4.69, 9.17) is 10.7 Å². The predicted molar refractivity (Wildman–Crippen MR) is 107 cm³/mol. The summed E-state index contributed by atoms with van der Waals surface area (Å²) >= 11 is 0. The van der Waals surface area contributed by atoms with Crippen LogP contribution in [0.2, 0.25) is 0 Å². The highest BCUT2D eigenvalue weighted by atomic mass is 16.3. The third-order valence-electron chi connectivity index (χ3n) is 4.48. The maximum Gasteiger partial charge on any atom is 0.158 e. The van der Waals surface area contributed by atoms with Gasteiger partial charge < -0.3 is 15.4 Å². The predicted octanol–water partition coefficient (Wildman–Crippen LogP) is 2.53. The molecule has 0 aliphatic heterocycles. The molecular weight excluding hydrogens is 340 g/mol. The van der Waals surface area contributed by atoms with Gasteiger partial charge in [0.25, 0.3) is 0 Å². The quantitative estimate of drug-likeness (QED) is 0.635. The van der Waals surface area contributed by atoms with E-state index in [1.54, 1.807) is 11.6 Å². The lowest BCUT2D eigenvalue weighted by atomic mass is 10.1. The first-order valence-electron chi connectivity index (χ1n) is 9.68. The topological polar surface area (TPSA) is 94.8 Å². The minimum absolute atomic E-state index is 0.416. The summed E-state index contributed by atoms with van der Waals surface area (Å²) in [5.41, 5.74) is 8.82. The lowest BCUT2D eigenvalue weighted by Gasteiger charge is -2.11. The molecule has 1 atom stereocenters. The number of hydrogen-bond donors (Lipinski definition) is 2. The molecular formula is C20H30N6O. The molecule has 0 saturated carbocycles. The van der Waals surface area contributed by atoms with Gasteiger partial charge >= 0.3 is 0 Å². The second kappa shape index (κ2) is 8.19. The van der Waals surface area contributed by atoms with Crippen molar-refractivity contribution in [3.8, 4) is 11.4 Å². The zero-order valence-electron chi connectivity index (χ0n) is 16.7. The number of hydrogen-bond acceptors (Lipinski definition) is 5. The summed E-state index contributed by atoms with van der Waals surface area (Å²) in [4.78, 5) is 9.43. The SMILES string of the molecule is Cc1nc(-c2ccc3nc(CC(C)C)n(CCCN)c3c2)n(CC(C)O)n1. The third-order valence-corrected chi connectivity index (χ3v) is 4.48. The van der Waals surface area contributed by atoms with Crippen LogP contribution in [-0.2, 0) is 19.5 Å². The molecule has 0 aliphatic carbocycles. The van der Waals surface area contributed by atoms with Gasteiger partial charge in [0, 0.05) is 18.5 Å². The zero-order valence-corrected chi connectivity index (χ0v) is 16.7. The normalized spacial score (nSPS) is 13.0. The Kier molecular flexibility index (Phi) is 5.92. The molecule has 3 aromatic rings. The van der Waals surface area contributed by atoms with E-state index in [9.17, 15) is 5.11 Å². The molecule has 0 saturated heterocycles. The Morgan fingerprint density at radius 3 is 2.63 bits per heavy atom. The highest BCUT2D eigenvalue weighted by Crippen LogP contribution is 2.26. The number of rotatable bonds is 8. The van der Waals surface area contributed by atoms with Crippen molar-refractivity contribution >= 4 is 11.0 Å². The van der Waals surface area contributed by atoms with Crippen LogP contribution in [0.1, 0.15) is 38.8 Å². The van der Waals surface area contributed by atoms with Crippen molar-refractivity contribution in [2.45, 2.75) is 59.7 Å². The second-order valence-electron chi connectivity index (χ2n) is 7.64. The summed E-state index contributed by atoms with van der Waals surface area (Å²) in [6, 6.07) is 6.21. The largest absolute Gasteiger partial charge is 0.391 e. The fraction of sp³-hybridized carbons (Fsp3) is 0.550. The standard InChI is InChI=1S/C20H30N6O/c1-13(2)10-19-23-17-7-6-16(11-18(17)25(19)9-5-8-21)20-22-15(4)24-26(20)12-14(3)27/h6-7,11,13-14,27H,5,8-10,12,21H2,1-4H3. The van der Waals surface area contributed by atoms with Gasteiger partial charge in [-0.2, -0.15) is 5.10 Å². The van der Waals surface area contributed by atoms with Crippen LogP contribution in [0, 0.1) is 12.8 Å². The molecule has 3 N–H and O–H groups in total. The molecule has 0 aliphatic rings. The minimum Gasteiger partial charge on any atom is -0.391 e. The second-order valence-corrected chi connectivity index (χ2v) is 7.64. The molecule has 27 heavy (non-hydrogen) atoms. The van der Waals surface area contributed by atoms with E-state index >= 15 is 0 Å². The van der Waals surface area contributed by atoms with Crippen LogP contribution in [0.4, 0.5) is 0 Å². The number of nitrogens with two attached hydrogens (primary N) is 1. The van der Waals surface area contributed by atoms with Crippen molar-refractivity contribution in [2.24, 2.45) is 11.7 Å². The van der Waals surface area contributed by atoms with Gasteiger partial charge in [-0.25, -0.2) is 14.6 Å². The van der Waals surface area contributed by atoms with Crippen molar-refractivity contribution in [3.63, 3.8) is 0 Å². The summed E-state index contributed by atoms with van der Waals surface area (Å²) in [5.74, 6) is 3.11. The molecule has 0 radical (unpaired) electrons. The number of nitrogens with zero attached hydrogens (tertiary/aromatic N) is 5. The maximum atomic E-state index is 9.77. The lowest BCUT2D eigenvalue weighted by molar-refractivity contribution is 0.169. The molecule has 0 spiro atoms. The van der Waals surface area contributed by atoms with Gasteiger partial charge in [0.15, 0.2) is 5.82 Å². The van der Waals surface area contributed by atoms with Gasteiger partial charge in [-0.05, 0) is 50.9 Å².